The summed E-state index contributed by atoms with van der Waals surface area (Å²) < 4.78 is 26.8. The van der Waals surface area contributed by atoms with Gasteiger partial charge in [0, 0.05) is 6.54 Å². The number of carboxylic acid groups (broad SMARTS) is 1. The fraction of sp³-hybridized carbons (Fsp3) is 0.500. The first-order valence-corrected chi connectivity index (χ1v) is 9.40. The maximum absolute atomic E-state index is 12.8. The molecule has 3 N–H and O–H groups in total. The molecule has 1 aromatic rings. The second-order valence-electron chi connectivity index (χ2n) is 6.24. The van der Waals surface area contributed by atoms with Crippen LogP contribution < -0.4 is 5.32 Å². The first-order valence-electron chi connectivity index (χ1n) is 7.96. The highest BCUT2D eigenvalue weighted by Gasteiger charge is 2.39. The molecule has 0 aliphatic carbocycles. The van der Waals surface area contributed by atoms with Gasteiger partial charge in [0.25, 0.3) is 0 Å². The van der Waals surface area contributed by atoms with E-state index < -0.39 is 40.1 Å². The van der Waals surface area contributed by atoms with E-state index in [4.69, 9.17) is 5.11 Å². The molecular weight excluding hydrogens is 348 g/mol. The van der Waals surface area contributed by atoms with Crippen LogP contribution in [-0.4, -0.2) is 59.5 Å². The van der Waals surface area contributed by atoms with Crippen LogP contribution in [0.5, 0.6) is 0 Å². The van der Waals surface area contributed by atoms with Crippen molar-refractivity contribution in [3.63, 3.8) is 0 Å². The summed E-state index contributed by atoms with van der Waals surface area (Å²) in [6.45, 7) is 0.774. The van der Waals surface area contributed by atoms with Gasteiger partial charge in [0.05, 0.1) is 11.4 Å². The van der Waals surface area contributed by atoms with Crippen molar-refractivity contribution in [2.45, 2.75) is 42.7 Å². The number of hydrogen-bond acceptors (Lipinski definition) is 5. The number of piperidine rings is 1. The number of sulfonamides is 1. The highest BCUT2D eigenvalue weighted by atomic mass is 32.2. The zero-order chi connectivity index (χ0) is 18.7. The smallest absolute Gasteiger partial charge is 0.337 e. The summed E-state index contributed by atoms with van der Waals surface area (Å²) in [5.41, 5.74) is -2.12. The van der Waals surface area contributed by atoms with Gasteiger partial charge in [-0.1, -0.05) is 24.6 Å². The molecule has 1 heterocycles. The summed E-state index contributed by atoms with van der Waals surface area (Å²) in [7, 11) is -3.83. The highest BCUT2D eigenvalue weighted by molar-refractivity contribution is 7.89. The second-order valence-corrected chi connectivity index (χ2v) is 8.13. The third kappa shape index (κ3) is 4.36. The number of benzene rings is 1. The average molecular weight is 370 g/mol. The molecular formula is C16H22N2O6S. The molecule has 2 unspecified atom stereocenters. The molecule has 25 heavy (non-hydrogen) atoms. The number of carbonyl (C=O) groups excluding carboxylic acids is 1. The normalized spacial score (nSPS) is 21.3. The number of hydrogen-bond donors (Lipinski definition) is 3. The molecule has 1 saturated heterocycles. The number of carboxylic acids is 1. The van der Waals surface area contributed by atoms with Crippen LogP contribution in [0.3, 0.4) is 0 Å². The van der Waals surface area contributed by atoms with Crippen LogP contribution in [0.25, 0.3) is 0 Å². The molecule has 138 valence electrons. The number of nitrogens with zero attached hydrogens (tertiary/aromatic N) is 1. The molecule has 9 heteroatoms. The van der Waals surface area contributed by atoms with Crippen molar-refractivity contribution in [1.82, 2.24) is 9.62 Å². The quantitative estimate of drug-likeness (QED) is 0.656. The zero-order valence-corrected chi connectivity index (χ0v) is 14.7. The third-order valence-electron chi connectivity index (χ3n) is 4.17. The number of nitrogens with one attached hydrogen (secondary N) is 1. The van der Waals surface area contributed by atoms with Crippen molar-refractivity contribution in [2.75, 3.05) is 13.1 Å². The van der Waals surface area contributed by atoms with E-state index in [0.717, 1.165) is 11.2 Å². The minimum atomic E-state index is -3.83. The van der Waals surface area contributed by atoms with Gasteiger partial charge < -0.3 is 15.5 Å². The van der Waals surface area contributed by atoms with Gasteiger partial charge in [0.15, 0.2) is 5.60 Å². The molecule has 1 aliphatic rings. The fourth-order valence-corrected chi connectivity index (χ4v) is 4.31. The van der Waals surface area contributed by atoms with Gasteiger partial charge in [0.2, 0.25) is 15.9 Å². The Labute approximate surface area is 146 Å². The number of aliphatic carboxylic acids is 1. The number of rotatable bonds is 6. The van der Waals surface area contributed by atoms with E-state index in [9.17, 15) is 23.1 Å². The summed E-state index contributed by atoms with van der Waals surface area (Å²) in [4.78, 5) is 23.4. The maximum Gasteiger partial charge on any atom is 0.337 e. The van der Waals surface area contributed by atoms with Crippen molar-refractivity contribution in [3.05, 3.63) is 30.3 Å². The Morgan fingerprint density at radius 1 is 1.28 bits per heavy atom. The number of amides is 1. The Kier molecular flexibility index (Phi) is 5.81. The molecule has 1 aliphatic heterocycles. The molecule has 0 bridgehead atoms. The van der Waals surface area contributed by atoms with Gasteiger partial charge in [0.1, 0.15) is 6.04 Å². The lowest BCUT2D eigenvalue weighted by molar-refractivity contribution is -0.156. The van der Waals surface area contributed by atoms with Crippen LogP contribution in [0.15, 0.2) is 35.2 Å². The summed E-state index contributed by atoms with van der Waals surface area (Å²) in [6, 6.07) is 6.92. The predicted molar refractivity (Wildman–Crippen MR) is 89.2 cm³/mol. The topological polar surface area (TPSA) is 124 Å². The van der Waals surface area contributed by atoms with Crippen LogP contribution >= 0.6 is 0 Å². The molecule has 0 spiro atoms. The van der Waals surface area contributed by atoms with Crippen LogP contribution in [0.2, 0.25) is 0 Å². The lowest BCUT2D eigenvalue weighted by atomic mass is 10.0. The zero-order valence-electron chi connectivity index (χ0n) is 13.9. The molecule has 1 aromatic carbocycles. The van der Waals surface area contributed by atoms with Crippen LogP contribution in [0.1, 0.15) is 26.2 Å². The van der Waals surface area contributed by atoms with Crippen molar-refractivity contribution >= 4 is 21.9 Å². The van der Waals surface area contributed by atoms with Gasteiger partial charge in [-0.25, -0.2) is 13.2 Å². The standard InChI is InChI=1S/C16H22N2O6S/c1-16(22,15(20)21)11-17-14(19)13-9-5-6-10-18(13)25(23,24)12-7-3-2-4-8-12/h2-4,7-8,13,22H,5-6,9-11H2,1H3,(H,17,19)(H,20,21). The molecule has 2 atom stereocenters. The van der Waals surface area contributed by atoms with E-state index in [1.54, 1.807) is 18.2 Å². The first kappa shape index (κ1) is 19.4. The van der Waals surface area contributed by atoms with E-state index in [1.807, 2.05) is 0 Å². The largest absolute Gasteiger partial charge is 0.479 e. The Morgan fingerprint density at radius 2 is 1.92 bits per heavy atom. The highest BCUT2D eigenvalue weighted by Crippen LogP contribution is 2.25. The van der Waals surface area contributed by atoms with Gasteiger partial charge in [-0.2, -0.15) is 4.31 Å². The fourth-order valence-electron chi connectivity index (χ4n) is 2.64. The first-order chi connectivity index (χ1) is 11.7. The van der Waals surface area contributed by atoms with Crippen LogP contribution in [0.4, 0.5) is 0 Å². The molecule has 2 rings (SSSR count). The minimum Gasteiger partial charge on any atom is -0.479 e. The van der Waals surface area contributed by atoms with Crippen LogP contribution in [-0.2, 0) is 19.6 Å². The molecule has 8 nitrogen and oxygen atoms in total. The summed E-state index contributed by atoms with van der Waals surface area (Å²) in [5.74, 6) is -2.08. The van der Waals surface area contributed by atoms with E-state index >= 15 is 0 Å². The summed E-state index contributed by atoms with van der Waals surface area (Å²) in [5, 5.41) is 20.9. The monoisotopic (exact) mass is 370 g/mol. The van der Waals surface area contributed by atoms with Crippen molar-refractivity contribution < 1.29 is 28.2 Å². The lowest BCUT2D eigenvalue weighted by Gasteiger charge is -2.34. The minimum absolute atomic E-state index is 0.104. The molecule has 0 saturated carbocycles. The van der Waals surface area contributed by atoms with Gasteiger partial charge >= 0.3 is 5.97 Å². The van der Waals surface area contributed by atoms with Gasteiger partial charge in [-0.15, -0.1) is 0 Å². The number of aliphatic hydroxyl groups is 1. The Hall–Kier alpha value is -1.97. The summed E-state index contributed by atoms with van der Waals surface area (Å²) >= 11 is 0. The Balaban J connectivity index is 2.18. The van der Waals surface area contributed by atoms with Crippen molar-refractivity contribution in [2.24, 2.45) is 0 Å². The predicted octanol–water partition coefficient (Wildman–Crippen LogP) is 0.182. The number of carbonyl (C=O) groups is 2. The molecule has 1 fully saturated rings. The third-order valence-corrected chi connectivity index (χ3v) is 6.10. The van der Waals surface area contributed by atoms with Gasteiger partial charge in [-0.05, 0) is 31.9 Å². The molecule has 1 amide bonds. The van der Waals surface area contributed by atoms with E-state index in [-0.39, 0.29) is 11.4 Å². The summed E-state index contributed by atoms with van der Waals surface area (Å²) in [6.07, 6.45) is 1.67. The van der Waals surface area contributed by atoms with Crippen molar-refractivity contribution in [3.8, 4) is 0 Å². The Bertz CT molecular complexity index is 732. The second kappa shape index (κ2) is 7.51. The van der Waals surface area contributed by atoms with Crippen LogP contribution in [0, 0.1) is 0 Å². The maximum atomic E-state index is 12.8. The Morgan fingerprint density at radius 3 is 2.52 bits per heavy atom. The van der Waals surface area contributed by atoms with Gasteiger partial charge in [-0.3, -0.25) is 4.79 Å². The van der Waals surface area contributed by atoms with E-state index in [2.05, 4.69) is 5.32 Å². The van der Waals surface area contributed by atoms with Crippen molar-refractivity contribution in [1.29, 1.82) is 0 Å². The SMILES string of the molecule is CC(O)(CNC(=O)C1CCCCN1S(=O)(=O)c1ccccc1)C(=O)O. The molecule has 0 radical (unpaired) electrons. The molecule has 0 aromatic heterocycles. The lowest BCUT2D eigenvalue weighted by Crippen LogP contribution is -2.55. The van der Waals surface area contributed by atoms with E-state index in [0.29, 0.717) is 19.3 Å². The van der Waals surface area contributed by atoms with E-state index in [1.165, 1.54) is 12.1 Å². The average Bonchev–Trinajstić information content (AvgIpc) is 2.60.